The van der Waals surface area contributed by atoms with E-state index in [0.29, 0.717) is 24.6 Å². The topological polar surface area (TPSA) is 66.8 Å². The summed E-state index contributed by atoms with van der Waals surface area (Å²) in [5.74, 6) is -0.845. The molecule has 3 rings (SSSR count). The number of amides is 1. The van der Waals surface area contributed by atoms with Crippen LogP contribution in [0, 0.1) is 0 Å². The summed E-state index contributed by atoms with van der Waals surface area (Å²) in [5, 5.41) is 8.99. The Labute approximate surface area is 114 Å². The number of carboxylic acid groups (broad SMARTS) is 1. The van der Waals surface area contributed by atoms with Gasteiger partial charge in [0.25, 0.3) is 5.91 Å². The van der Waals surface area contributed by atoms with E-state index in [1.54, 1.807) is 11.0 Å². The van der Waals surface area contributed by atoms with Crippen molar-refractivity contribution in [1.82, 2.24) is 4.90 Å². The quantitative estimate of drug-likeness (QED) is 0.892. The van der Waals surface area contributed by atoms with Crippen LogP contribution < -0.4 is 0 Å². The SMILES string of the molecule is O=C(O)c1cc2c(s1)CCN(C(=O)C1CCCO1)C2. The number of carboxylic acids is 1. The van der Waals surface area contributed by atoms with Crippen molar-refractivity contribution >= 4 is 23.2 Å². The number of aromatic carboxylic acids is 1. The van der Waals surface area contributed by atoms with Crippen molar-refractivity contribution in [2.24, 2.45) is 0 Å². The van der Waals surface area contributed by atoms with E-state index < -0.39 is 5.97 Å². The van der Waals surface area contributed by atoms with Crippen LogP contribution in [0.3, 0.4) is 0 Å². The van der Waals surface area contributed by atoms with Gasteiger partial charge in [0, 0.05) is 24.6 Å². The largest absolute Gasteiger partial charge is 0.477 e. The van der Waals surface area contributed by atoms with E-state index in [4.69, 9.17) is 9.84 Å². The second kappa shape index (κ2) is 4.94. The molecule has 0 spiro atoms. The Morgan fingerprint density at radius 3 is 3.00 bits per heavy atom. The van der Waals surface area contributed by atoms with Crippen LogP contribution in [0.4, 0.5) is 0 Å². The average Bonchev–Trinajstić information content (AvgIpc) is 3.06. The third-order valence-corrected chi connectivity index (χ3v) is 4.82. The highest BCUT2D eigenvalue weighted by Crippen LogP contribution is 2.29. The van der Waals surface area contributed by atoms with Crippen molar-refractivity contribution in [3.05, 3.63) is 21.4 Å². The van der Waals surface area contributed by atoms with Crippen molar-refractivity contribution in [2.75, 3.05) is 13.2 Å². The summed E-state index contributed by atoms with van der Waals surface area (Å²) in [5.41, 5.74) is 0.972. The first-order chi connectivity index (χ1) is 9.15. The minimum absolute atomic E-state index is 0.0474. The lowest BCUT2D eigenvalue weighted by Crippen LogP contribution is -2.41. The van der Waals surface area contributed by atoms with Crippen molar-refractivity contribution in [3.8, 4) is 0 Å². The fourth-order valence-electron chi connectivity index (χ4n) is 2.60. The van der Waals surface area contributed by atoms with Crippen LogP contribution in [0.25, 0.3) is 0 Å². The van der Waals surface area contributed by atoms with Gasteiger partial charge < -0.3 is 14.7 Å². The van der Waals surface area contributed by atoms with Gasteiger partial charge in [0.1, 0.15) is 11.0 Å². The fourth-order valence-corrected chi connectivity index (χ4v) is 3.60. The Kier molecular flexibility index (Phi) is 3.28. The van der Waals surface area contributed by atoms with Crippen LogP contribution in [0.1, 0.15) is 33.0 Å². The molecule has 5 nitrogen and oxygen atoms in total. The lowest BCUT2D eigenvalue weighted by atomic mass is 10.1. The molecule has 2 aliphatic heterocycles. The average molecular weight is 281 g/mol. The summed E-state index contributed by atoms with van der Waals surface area (Å²) >= 11 is 1.32. The maximum atomic E-state index is 12.2. The Morgan fingerprint density at radius 2 is 2.32 bits per heavy atom. The Balaban J connectivity index is 1.74. The highest BCUT2D eigenvalue weighted by molar-refractivity contribution is 7.14. The number of fused-ring (bicyclic) bond motifs is 1. The van der Waals surface area contributed by atoms with E-state index in [-0.39, 0.29) is 12.0 Å². The van der Waals surface area contributed by atoms with E-state index >= 15 is 0 Å². The maximum absolute atomic E-state index is 12.2. The fraction of sp³-hybridized carbons (Fsp3) is 0.538. The zero-order valence-corrected chi connectivity index (χ0v) is 11.2. The summed E-state index contributed by atoms with van der Waals surface area (Å²) in [7, 11) is 0. The van der Waals surface area contributed by atoms with Gasteiger partial charge in [0.15, 0.2) is 0 Å². The molecule has 0 bridgehead atoms. The summed E-state index contributed by atoms with van der Waals surface area (Å²) in [6, 6.07) is 1.69. The summed E-state index contributed by atoms with van der Waals surface area (Å²) in [6.45, 7) is 1.83. The number of hydrogen-bond donors (Lipinski definition) is 1. The third kappa shape index (κ3) is 2.37. The van der Waals surface area contributed by atoms with Gasteiger partial charge in [-0.05, 0) is 30.9 Å². The van der Waals surface area contributed by atoms with Crippen molar-refractivity contribution in [1.29, 1.82) is 0 Å². The molecular weight excluding hydrogens is 266 g/mol. The minimum atomic E-state index is -0.892. The molecule has 1 aromatic rings. The zero-order chi connectivity index (χ0) is 13.4. The summed E-state index contributed by atoms with van der Waals surface area (Å²) in [6.07, 6.45) is 2.19. The molecule has 3 heterocycles. The van der Waals surface area contributed by atoms with Gasteiger partial charge in [-0.3, -0.25) is 4.79 Å². The molecule has 0 aromatic carbocycles. The van der Waals surface area contributed by atoms with Gasteiger partial charge in [-0.15, -0.1) is 11.3 Å². The van der Waals surface area contributed by atoms with Crippen LogP contribution in [0.15, 0.2) is 6.07 Å². The number of carbonyl (C=O) groups is 2. The van der Waals surface area contributed by atoms with E-state index in [0.717, 1.165) is 29.7 Å². The number of thiophene rings is 1. The lowest BCUT2D eigenvalue weighted by molar-refractivity contribution is -0.141. The Morgan fingerprint density at radius 1 is 1.47 bits per heavy atom. The molecule has 1 atom stereocenters. The molecule has 6 heteroatoms. The minimum Gasteiger partial charge on any atom is -0.477 e. The molecule has 1 amide bonds. The van der Waals surface area contributed by atoms with Gasteiger partial charge in [0.2, 0.25) is 0 Å². The van der Waals surface area contributed by atoms with Gasteiger partial charge in [0.05, 0.1) is 0 Å². The van der Waals surface area contributed by atoms with Crippen LogP contribution in [0.5, 0.6) is 0 Å². The van der Waals surface area contributed by atoms with Crippen molar-refractivity contribution < 1.29 is 19.4 Å². The number of ether oxygens (including phenoxy) is 1. The molecule has 2 aliphatic rings. The van der Waals surface area contributed by atoms with Gasteiger partial charge >= 0.3 is 5.97 Å². The molecule has 1 N–H and O–H groups in total. The molecule has 0 aliphatic carbocycles. The van der Waals surface area contributed by atoms with Crippen LogP contribution in [0.2, 0.25) is 0 Å². The summed E-state index contributed by atoms with van der Waals surface area (Å²) in [4.78, 5) is 26.4. The molecule has 1 aromatic heterocycles. The predicted octanol–water partition coefficient (Wildman–Crippen LogP) is 1.51. The zero-order valence-electron chi connectivity index (χ0n) is 10.4. The van der Waals surface area contributed by atoms with E-state index in [1.165, 1.54) is 11.3 Å². The van der Waals surface area contributed by atoms with E-state index in [2.05, 4.69) is 0 Å². The molecule has 0 radical (unpaired) electrons. The second-order valence-corrected chi connectivity index (χ2v) is 6.01. The second-order valence-electron chi connectivity index (χ2n) is 4.88. The molecule has 19 heavy (non-hydrogen) atoms. The first kappa shape index (κ1) is 12.6. The van der Waals surface area contributed by atoms with Gasteiger partial charge in [-0.1, -0.05) is 0 Å². The maximum Gasteiger partial charge on any atom is 0.345 e. The first-order valence-corrected chi connectivity index (χ1v) is 7.22. The standard InChI is InChI=1S/C13H15NO4S/c15-12(9-2-1-5-18-9)14-4-3-10-8(7-14)6-11(19-10)13(16)17/h6,9H,1-5,7H2,(H,16,17). The van der Waals surface area contributed by atoms with E-state index in [9.17, 15) is 9.59 Å². The van der Waals surface area contributed by atoms with Crippen LogP contribution >= 0.6 is 11.3 Å². The smallest absolute Gasteiger partial charge is 0.345 e. The highest BCUT2D eigenvalue weighted by Gasteiger charge is 2.31. The normalized spacial score (nSPS) is 22.3. The van der Waals surface area contributed by atoms with Crippen LogP contribution in [-0.4, -0.2) is 41.1 Å². The van der Waals surface area contributed by atoms with Gasteiger partial charge in [-0.25, -0.2) is 4.79 Å². The number of rotatable bonds is 2. The molecular formula is C13H15NO4S. The predicted molar refractivity (Wildman–Crippen MR) is 69.4 cm³/mol. The van der Waals surface area contributed by atoms with Crippen LogP contribution in [-0.2, 0) is 22.5 Å². The highest BCUT2D eigenvalue weighted by atomic mass is 32.1. The summed E-state index contributed by atoms with van der Waals surface area (Å²) < 4.78 is 5.42. The third-order valence-electron chi connectivity index (χ3n) is 3.59. The monoisotopic (exact) mass is 281 g/mol. The van der Waals surface area contributed by atoms with E-state index in [1.807, 2.05) is 0 Å². The molecule has 1 fully saturated rings. The van der Waals surface area contributed by atoms with Gasteiger partial charge in [-0.2, -0.15) is 0 Å². The molecule has 0 saturated carbocycles. The number of nitrogens with zero attached hydrogens (tertiary/aromatic N) is 1. The number of carbonyl (C=O) groups excluding carboxylic acids is 1. The Bertz CT molecular complexity index is 519. The number of hydrogen-bond acceptors (Lipinski definition) is 4. The van der Waals surface area contributed by atoms with Crippen molar-refractivity contribution in [3.63, 3.8) is 0 Å². The van der Waals surface area contributed by atoms with Crippen molar-refractivity contribution in [2.45, 2.75) is 31.9 Å². The lowest BCUT2D eigenvalue weighted by Gasteiger charge is -2.28. The molecule has 1 unspecified atom stereocenters. The first-order valence-electron chi connectivity index (χ1n) is 6.40. The molecule has 102 valence electrons. The molecule has 1 saturated heterocycles. The Hall–Kier alpha value is -1.40.